The molecule has 0 unspecified atom stereocenters. The second-order valence-corrected chi connectivity index (χ2v) is 3.40. The van der Waals surface area contributed by atoms with Gasteiger partial charge in [0.2, 0.25) is 0 Å². The van der Waals surface area contributed by atoms with Crippen molar-refractivity contribution in [3.63, 3.8) is 0 Å². The lowest BCUT2D eigenvalue weighted by molar-refractivity contribution is 1.09. The summed E-state index contributed by atoms with van der Waals surface area (Å²) >= 11 is 0. The van der Waals surface area contributed by atoms with Crippen LogP contribution < -0.4 is 5.32 Å². The van der Waals surface area contributed by atoms with E-state index in [-0.39, 0.29) is 0 Å². The molecule has 74 valence electrons. The molecule has 1 heteroatoms. The van der Waals surface area contributed by atoms with Gasteiger partial charge >= 0.3 is 0 Å². The Morgan fingerprint density at radius 1 is 1.21 bits per heavy atom. The molecular formula is C13H17N. The molecule has 0 aromatic heterocycles. The van der Waals surface area contributed by atoms with Crippen LogP contribution in [0.3, 0.4) is 0 Å². The van der Waals surface area contributed by atoms with E-state index in [4.69, 9.17) is 0 Å². The summed E-state index contributed by atoms with van der Waals surface area (Å²) in [6, 6.07) is 6.43. The fraction of sp³-hybridized carbons (Fsp3) is 0.385. The van der Waals surface area contributed by atoms with Gasteiger partial charge in [0.25, 0.3) is 0 Å². The summed E-state index contributed by atoms with van der Waals surface area (Å²) in [5.74, 6) is 5.92. The zero-order chi connectivity index (χ0) is 10.4. The van der Waals surface area contributed by atoms with E-state index in [1.54, 1.807) is 0 Å². The molecule has 0 amide bonds. The molecule has 0 radical (unpaired) electrons. The highest BCUT2D eigenvalue weighted by molar-refractivity contribution is 5.48. The summed E-state index contributed by atoms with van der Waals surface area (Å²) in [4.78, 5) is 0. The first-order chi connectivity index (χ1) is 6.74. The van der Waals surface area contributed by atoms with Gasteiger partial charge in [0.15, 0.2) is 0 Å². The summed E-state index contributed by atoms with van der Waals surface area (Å²) in [6.07, 6.45) is 0.906. The Balaban J connectivity index is 2.50. The maximum Gasteiger partial charge on any atom is 0.0343 e. The predicted molar refractivity (Wildman–Crippen MR) is 62.5 cm³/mol. The van der Waals surface area contributed by atoms with Crippen LogP contribution in [-0.2, 0) is 0 Å². The van der Waals surface area contributed by atoms with E-state index in [9.17, 15) is 0 Å². The smallest absolute Gasteiger partial charge is 0.0343 e. The van der Waals surface area contributed by atoms with Crippen LogP contribution in [0.1, 0.15) is 24.5 Å². The number of anilines is 1. The second kappa shape index (κ2) is 5.34. The number of rotatable bonds is 3. The fourth-order valence-electron chi connectivity index (χ4n) is 1.25. The van der Waals surface area contributed by atoms with Gasteiger partial charge in [-0.05, 0) is 44.0 Å². The van der Waals surface area contributed by atoms with Gasteiger partial charge in [0.1, 0.15) is 0 Å². The fourth-order valence-corrected chi connectivity index (χ4v) is 1.25. The van der Waals surface area contributed by atoms with Crippen molar-refractivity contribution in [3.05, 3.63) is 29.3 Å². The molecule has 0 fully saturated rings. The summed E-state index contributed by atoms with van der Waals surface area (Å²) in [5, 5.41) is 3.34. The number of aryl methyl sites for hydroxylation is 2. The Morgan fingerprint density at radius 2 is 2.00 bits per heavy atom. The molecule has 0 bridgehead atoms. The first-order valence-corrected chi connectivity index (χ1v) is 4.95. The molecule has 1 aromatic rings. The minimum Gasteiger partial charge on any atom is -0.384 e. The Labute approximate surface area is 86.5 Å². The van der Waals surface area contributed by atoms with Crippen molar-refractivity contribution >= 4 is 5.69 Å². The molecule has 0 heterocycles. The largest absolute Gasteiger partial charge is 0.384 e. The SMILES string of the molecule is CC#CCCNc1ccc(C)c(C)c1. The molecule has 1 nitrogen and oxygen atoms in total. The lowest BCUT2D eigenvalue weighted by Gasteiger charge is -2.06. The van der Waals surface area contributed by atoms with Gasteiger partial charge in [0.05, 0.1) is 0 Å². The van der Waals surface area contributed by atoms with Crippen molar-refractivity contribution in [2.75, 3.05) is 11.9 Å². The van der Waals surface area contributed by atoms with Gasteiger partial charge in [0, 0.05) is 18.7 Å². The minimum atomic E-state index is 0.906. The molecule has 0 spiro atoms. The molecule has 0 atom stereocenters. The monoisotopic (exact) mass is 187 g/mol. The summed E-state index contributed by atoms with van der Waals surface area (Å²) < 4.78 is 0. The molecule has 1 rings (SSSR count). The molecule has 1 N–H and O–H groups in total. The first-order valence-electron chi connectivity index (χ1n) is 4.95. The highest BCUT2D eigenvalue weighted by Crippen LogP contribution is 2.13. The first kappa shape index (κ1) is 10.7. The van der Waals surface area contributed by atoms with Crippen LogP contribution >= 0.6 is 0 Å². The molecule has 14 heavy (non-hydrogen) atoms. The molecule has 0 aliphatic heterocycles. The van der Waals surface area contributed by atoms with Crippen LogP contribution in [0.15, 0.2) is 18.2 Å². The van der Waals surface area contributed by atoms with Crippen molar-refractivity contribution in [1.29, 1.82) is 0 Å². The molecule has 0 saturated carbocycles. The highest BCUT2D eigenvalue weighted by atomic mass is 14.9. The average Bonchev–Trinajstić information content (AvgIpc) is 2.18. The van der Waals surface area contributed by atoms with E-state index in [1.165, 1.54) is 16.8 Å². The Kier molecular flexibility index (Phi) is 4.07. The van der Waals surface area contributed by atoms with Gasteiger partial charge in [-0.2, -0.15) is 0 Å². The second-order valence-electron chi connectivity index (χ2n) is 3.40. The Hall–Kier alpha value is -1.42. The van der Waals surface area contributed by atoms with Crippen LogP contribution in [0.2, 0.25) is 0 Å². The van der Waals surface area contributed by atoms with E-state index in [0.29, 0.717) is 0 Å². The summed E-state index contributed by atoms with van der Waals surface area (Å²) in [6.45, 7) is 7.05. The van der Waals surface area contributed by atoms with Crippen LogP contribution in [0.5, 0.6) is 0 Å². The van der Waals surface area contributed by atoms with Gasteiger partial charge in [-0.15, -0.1) is 11.8 Å². The van der Waals surface area contributed by atoms with Crippen LogP contribution in [0, 0.1) is 25.7 Å². The van der Waals surface area contributed by atoms with Gasteiger partial charge in [-0.25, -0.2) is 0 Å². The Bertz CT molecular complexity index is 355. The molecule has 0 saturated heterocycles. The molecular weight excluding hydrogens is 170 g/mol. The van der Waals surface area contributed by atoms with E-state index in [1.807, 2.05) is 6.92 Å². The quantitative estimate of drug-likeness (QED) is 0.566. The Morgan fingerprint density at radius 3 is 2.64 bits per heavy atom. The highest BCUT2D eigenvalue weighted by Gasteiger charge is 1.94. The standard InChI is InChI=1S/C13H17N/c1-4-5-6-9-14-13-8-7-11(2)12(3)10-13/h7-8,10,14H,6,9H2,1-3H3. The van der Waals surface area contributed by atoms with E-state index >= 15 is 0 Å². The van der Waals surface area contributed by atoms with E-state index in [2.05, 4.69) is 49.2 Å². The zero-order valence-electron chi connectivity index (χ0n) is 9.15. The third kappa shape index (κ3) is 3.14. The topological polar surface area (TPSA) is 12.0 Å². The van der Waals surface area contributed by atoms with Crippen molar-refractivity contribution < 1.29 is 0 Å². The van der Waals surface area contributed by atoms with Gasteiger partial charge < -0.3 is 5.32 Å². The summed E-state index contributed by atoms with van der Waals surface area (Å²) in [5.41, 5.74) is 3.85. The lowest BCUT2D eigenvalue weighted by atomic mass is 10.1. The number of benzene rings is 1. The zero-order valence-corrected chi connectivity index (χ0v) is 9.15. The van der Waals surface area contributed by atoms with E-state index in [0.717, 1.165) is 13.0 Å². The van der Waals surface area contributed by atoms with Crippen LogP contribution in [0.25, 0.3) is 0 Å². The van der Waals surface area contributed by atoms with Crippen molar-refractivity contribution in [2.24, 2.45) is 0 Å². The predicted octanol–water partition coefficient (Wildman–Crippen LogP) is 3.13. The average molecular weight is 187 g/mol. The number of nitrogens with one attached hydrogen (secondary N) is 1. The van der Waals surface area contributed by atoms with Crippen LogP contribution in [-0.4, -0.2) is 6.54 Å². The number of hydrogen-bond acceptors (Lipinski definition) is 1. The van der Waals surface area contributed by atoms with Crippen molar-refractivity contribution in [2.45, 2.75) is 27.2 Å². The maximum atomic E-state index is 3.34. The molecule has 0 aliphatic rings. The third-order valence-corrected chi connectivity index (χ3v) is 2.26. The normalized spacial score (nSPS) is 9.07. The van der Waals surface area contributed by atoms with Crippen molar-refractivity contribution in [3.8, 4) is 11.8 Å². The minimum absolute atomic E-state index is 0.906. The van der Waals surface area contributed by atoms with Gasteiger partial charge in [-0.3, -0.25) is 0 Å². The van der Waals surface area contributed by atoms with E-state index < -0.39 is 0 Å². The third-order valence-electron chi connectivity index (χ3n) is 2.26. The molecule has 0 aliphatic carbocycles. The summed E-state index contributed by atoms with van der Waals surface area (Å²) in [7, 11) is 0. The van der Waals surface area contributed by atoms with Crippen LogP contribution in [0.4, 0.5) is 5.69 Å². The number of hydrogen-bond donors (Lipinski definition) is 1. The maximum absolute atomic E-state index is 3.34. The van der Waals surface area contributed by atoms with Crippen molar-refractivity contribution in [1.82, 2.24) is 0 Å². The molecule has 1 aromatic carbocycles. The van der Waals surface area contributed by atoms with Gasteiger partial charge in [-0.1, -0.05) is 6.07 Å². The lowest BCUT2D eigenvalue weighted by Crippen LogP contribution is -2.00.